The highest BCUT2D eigenvalue weighted by Crippen LogP contribution is 2.19. The number of fused-ring (bicyclic) bond motifs is 1. The lowest BCUT2D eigenvalue weighted by Crippen LogP contribution is -2.27. The van der Waals surface area contributed by atoms with E-state index in [4.69, 9.17) is 5.73 Å². The lowest BCUT2D eigenvalue weighted by molar-refractivity contribution is 0.576. The SMILES string of the molecule is Cl.N[C@H]1CCc2ccccc2C1. The van der Waals surface area contributed by atoms with Gasteiger partial charge in [0.1, 0.15) is 0 Å². The van der Waals surface area contributed by atoms with Gasteiger partial charge in [-0.15, -0.1) is 12.4 Å². The highest BCUT2D eigenvalue weighted by Gasteiger charge is 2.13. The summed E-state index contributed by atoms with van der Waals surface area (Å²) < 4.78 is 0. The molecule has 0 saturated carbocycles. The van der Waals surface area contributed by atoms with Gasteiger partial charge < -0.3 is 5.73 Å². The molecule has 0 aromatic heterocycles. The molecule has 1 nitrogen and oxygen atoms in total. The number of halogens is 1. The zero-order valence-electron chi connectivity index (χ0n) is 6.99. The van der Waals surface area contributed by atoms with Gasteiger partial charge in [-0.05, 0) is 30.4 Å². The van der Waals surface area contributed by atoms with Crippen LogP contribution in [0, 0.1) is 0 Å². The maximum atomic E-state index is 5.85. The van der Waals surface area contributed by atoms with Crippen LogP contribution in [0.15, 0.2) is 24.3 Å². The van der Waals surface area contributed by atoms with Gasteiger partial charge in [-0.25, -0.2) is 0 Å². The highest BCUT2D eigenvalue weighted by molar-refractivity contribution is 5.85. The van der Waals surface area contributed by atoms with Crippen LogP contribution < -0.4 is 5.73 Å². The van der Waals surface area contributed by atoms with Crippen LogP contribution in [-0.2, 0) is 12.8 Å². The summed E-state index contributed by atoms with van der Waals surface area (Å²) in [4.78, 5) is 0. The largest absolute Gasteiger partial charge is 0.327 e. The maximum absolute atomic E-state index is 5.85. The Balaban J connectivity index is 0.000000720. The average Bonchev–Trinajstić information content (AvgIpc) is 2.04. The van der Waals surface area contributed by atoms with Gasteiger partial charge in [0.25, 0.3) is 0 Å². The molecular formula is C10H14ClN. The highest BCUT2D eigenvalue weighted by atomic mass is 35.5. The first kappa shape index (κ1) is 9.56. The monoisotopic (exact) mass is 183 g/mol. The van der Waals surface area contributed by atoms with Crippen molar-refractivity contribution in [3.05, 3.63) is 35.4 Å². The van der Waals surface area contributed by atoms with E-state index in [1.165, 1.54) is 11.1 Å². The zero-order chi connectivity index (χ0) is 7.68. The van der Waals surface area contributed by atoms with Gasteiger partial charge in [-0.3, -0.25) is 0 Å². The van der Waals surface area contributed by atoms with Crippen molar-refractivity contribution in [1.29, 1.82) is 0 Å². The van der Waals surface area contributed by atoms with Crippen LogP contribution >= 0.6 is 12.4 Å². The van der Waals surface area contributed by atoms with Crippen LogP contribution in [0.25, 0.3) is 0 Å². The van der Waals surface area contributed by atoms with Gasteiger partial charge >= 0.3 is 0 Å². The number of nitrogens with two attached hydrogens (primary N) is 1. The fourth-order valence-electron chi connectivity index (χ4n) is 1.73. The van der Waals surface area contributed by atoms with Gasteiger partial charge in [-0.1, -0.05) is 24.3 Å². The van der Waals surface area contributed by atoms with Gasteiger partial charge in [0.05, 0.1) is 0 Å². The van der Waals surface area contributed by atoms with Crippen LogP contribution in [0.1, 0.15) is 17.5 Å². The summed E-state index contributed by atoms with van der Waals surface area (Å²) in [6.07, 6.45) is 3.38. The van der Waals surface area contributed by atoms with E-state index in [-0.39, 0.29) is 12.4 Å². The molecule has 0 heterocycles. The third-order valence-corrected chi connectivity index (χ3v) is 2.38. The molecule has 2 heteroatoms. The van der Waals surface area contributed by atoms with Gasteiger partial charge in [0, 0.05) is 6.04 Å². The molecule has 12 heavy (non-hydrogen) atoms. The van der Waals surface area contributed by atoms with E-state index in [2.05, 4.69) is 24.3 Å². The molecule has 2 N–H and O–H groups in total. The fourth-order valence-corrected chi connectivity index (χ4v) is 1.73. The van der Waals surface area contributed by atoms with Crippen molar-refractivity contribution < 1.29 is 0 Å². The van der Waals surface area contributed by atoms with Crippen LogP contribution in [0.4, 0.5) is 0 Å². The molecule has 0 fully saturated rings. The summed E-state index contributed by atoms with van der Waals surface area (Å²) in [5.41, 5.74) is 8.79. The van der Waals surface area contributed by atoms with Crippen LogP contribution in [-0.4, -0.2) is 6.04 Å². The summed E-state index contributed by atoms with van der Waals surface area (Å²) in [6, 6.07) is 8.99. The Morgan fingerprint density at radius 3 is 2.58 bits per heavy atom. The molecule has 66 valence electrons. The summed E-state index contributed by atoms with van der Waals surface area (Å²) in [5, 5.41) is 0. The second kappa shape index (κ2) is 3.92. The van der Waals surface area contributed by atoms with E-state index in [1.54, 1.807) is 0 Å². The van der Waals surface area contributed by atoms with E-state index < -0.39 is 0 Å². The quantitative estimate of drug-likeness (QED) is 0.654. The summed E-state index contributed by atoms with van der Waals surface area (Å²) in [6.45, 7) is 0. The van der Waals surface area contributed by atoms with Gasteiger partial charge in [0.2, 0.25) is 0 Å². The van der Waals surface area contributed by atoms with Crippen molar-refractivity contribution in [3.8, 4) is 0 Å². The van der Waals surface area contributed by atoms with Crippen molar-refractivity contribution in [2.75, 3.05) is 0 Å². The first-order valence-electron chi connectivity index (χ1n) is 4.18. The second-order valence-corrected chi connectivity index (χ2v) is 3.27. The Bertz CT molecular complexity index is 260. The first-order valence-corrected chi connectivity index (χ1v) is 4.18. The molecule has 1 atom stereocenters. The number of hydrogen-bond acceptors (Lipinski definition) is 1. The number of benzene rings is 1. The topological polar surface area (TPSA) is 26.0 Å². The molecule has 1 aliphatic carbocycles. The van der Waals surface area contributed by atoms with Crippen LogP contribution in [0.2, 0.25) is 0 Å². The molecule has 0 spiro atoms. The molecule has 0 bridgehead atoms. The lowest BCUT2D eigenvalue weighted by atomic mass is 9.89. The minimum atomic E-state index is 0. The third-order valence-electron chi connectivity index (χ3n) is 2.38. The number of hydrogen-bond donors (Lipinski definition) is 1. The Kier molecular flexibility index (Phi) is 3.12. The standard InChI is InChI=1S/C10H13N.ClH/c11-10-6-5-8-3-1-2-4-9(8)7-10;/h1-4,10H,5-7,11H2;1H/t10-;/m0./s1. The van der Waals surface area contributed by atoms with Crippen molar-refractivity contribution in [3.63, 3.8) is 0 Å². The predicted molar refractivity (Wildman–Crippen MR) is 53.7 cm³/mol. The lowest BCUT2D eigenvalue weighted by Gasteiger charge is -2.20. The number of rotatable bonds is 0. The van der Waals surface area contributed by atoms with Gasteiger partial charge in [0.15, 0.2) is 0 Å². The van der Waals surface area contributed by atoms with Crippen molar-refractivity contribution in [2.45, 2.75) is 25.3 Å². The van der Waals surface area contributed by atoms with Crippen molar-refractivity contribution >= 4 is 12.4 Å². The summed E-state index contributed by atoms with van der Waals surface area (Å²) in [5.74, 6) is 0. The molecule has 1 aromatic rings. The summed E-state index contributed by atoms with van der Waals surface area (Å²) >= 11 is 0. The Morgan fingerprint density at radius 1 is 1.17 bits per heavy atom. The molecule has 0 saturated heterocycles. The third kappa shape index (κ3) is 1.79. The molecule has 1 aliphatic rings. The second-order valence-electron chi connectivity index (χ2n) is 3.27. The van der Waals surface area contributed by atoms with Crippen LogP contribution in [0.3, 0.4) is 0 Å². The minimum absolute atomic E-state index is 0. The Hall–Kier alpha value is -0.530. The smallest absolute Gasteiger partial charge is 0.00825 e. The molecule has 0 aliphatic heterocycles. The molecule has 1 aromatic carbocycles. The molecular weight excluding hydrogens is 170 g/mol. The summed E-state index contributed by atoms with van der Waals surface area (Å²) in [7, 11) is 0. The van der Waals surface area contributed by atoms with E-state index in [0.29, 0.717) is 6.04 Å². The predicted octanol–water partition coefficient (Wildman–Crippen LogP) is 1.92. The molecule has 0 unspecified atom stereocenters. The van der Waals surface area contributed by atoms with Crippen molar-refractivity contribution in [2.24, 2.45) is 5.73 Å². The van der Waals surface area contributed by atoms with Gasteiger partial charge in [-0.2, -0.15) is 0 Å². The Morgan fingerprint density at radius 2 is 1.83 bits per heavy atom. The maximum Gasteiger partial charge on any atom is 0.00825 e. The molecule has 2 rings (SSSR count). The zero-order valence-corrected chi connectivity index (χ0v) is 7.81. The fraction of sp³-hybridized carbons (Fsp3) is 0.400. The minimum Gasteiger partial charge on any atom is -0.327 e. The normalized spacial score (nSPS) is 20.9. The average molecular weight is 184 g/mol. The van der Waals surface area contributed by atoms with E-state index >= 15 is 0 Å². The first-order chi connectivity index (χ1) is 5.36. The molecule has 0 amide bonds. The Labute approximate surface area is 79.4 Å². The van der Waals surface area contributed by atoms with E-state index in [1.807, 2.05) is 0 Å². The number of aryl methyl sites for hydroxylation is 1. The van der Waals surface area contributed by atoms with Crippen molar-refractivity contribution in [1.82, 2.24) is 0 Å². The molecule has 0 radical (unpaired) electrons. The van der Waals surface area contributed by atoms with Crippen LogP contribution in [0.5, 0.6) is 0 Å². The van der Waals surface area contributed by atoms with E-state index in [9.17, 15) is 0 Å². The van der Waals surface area contributed by atoms with E-state index in [0.717, 1.165) is 19.3 Å².